The molecule has 0 aromatic heterocycles. The topological polar surface area (TPSA) is 54.3 Å². The van der Waals surface area contributed by atoms with Crippen molar-refractivity contribution >= 4 is 0 Å². The highest BCUT2D eigenvalue weighted by Crippen LogP contribution is 2.33. The van der Waals surface area contributed by atoms with Crippen molar-refractivity contribution < 1.29 is 9.47 Å². The van der Waals surface area contributed by atoms with Gasteiger partial charge in [0, 0.05) is 0 Å². The minimum atomic E-state index is -0.288. The third-order valence-corrected chi connectivity index (χ3v) is 2.27. The highest BCUT2D eigenvalue weighted by atomic mass is 16.7. The Kier molecular flexibility index (Phi) is 2.75. The second kappa shape index (κ2) is 4.20. The molecular formula is C11H12N2O2. The number of fused-ring (bicyclic) bond motifs is 1. The van der Waals surface area contributed by atoms with Gasteiger partial charge in [0.15, 0.2) is 11.5 Å². The minimum Gasteiger partial charge on any atom is -0.454 e. The van der Waals surface area contributed by atoms with Crippen LogP contribution in [0.2, 0.25) is 0 Å². The van der Waals surface area contributed by atoms with Gasteiger partial charge in [-0.2, -0.15) is 5.26 Å². The van der Waals surface area contributed by atoms with Crippen molar-refractivity contribution in [2.24, 2.45) is 0 Å². The first-order chi connectivity index (χ1) is 7.35. The summed E-state index contributed by atoms with van der Waals surface area (Å²) in [6.07, 6.45) is 0. The Morgan fingerprint density at radius 1 is 1.47 bits per heavy atom. The molecule has 2 rings (SSSR count). The molecule has 4 nitrogen and oxygen atoms in total. The van der Waals surface area contributed by atoms with E-state index in [4.69, 9.17) is 14.7 Å². The van der Waals surface area contributed by atoms with Gasteiger partial charge in [-0.25, -0.2) is 0 Å². The average Bonchev–Trinajstić information content (AvgIpc) is 2.72. The van der Waals surface area contributed by atoms with Crippen LogP contribution in [0.15, 0.2) is 18.2 Å². The second-order valence-electron chi connectivity index (χ2n) is 3.23. The fourth-order valence-electron chi connectivity index (χ4n) is 1.53. The Morgan fingerprint density at radius 2 is 2.27 bits per heavy atom. The molecule has 1 aliphatic heterocycles. The number of hydrogen-bond donors (Lipinski definition) is 1. The van der Waals surface area contributed by atoms with Gasteiger partial charge in [0.25, 0.3) is 0 Å². The molecule has 78 valence electrons. The molecule has 1 atom stereocenters. The fourth-order valence-corrected chi connectivity index (χ4v) is 1.53. The summed E-state index contributed by atoms with van der Waals surface area (Å²) in [4.78, 5) is 0. The van der Waals surface area contributed by atoms with Gasteiger partial charge in [-0.15, -0.1) is 0 Å². The number of nitrogens with one attached hydrogen (secondary N) is 1. The number of rotatable bonds is 3. The zero-order valence-electron chi connectivity index (χ0n) is 8.49. The molecule has 1 aliphatic rings. The molecule has 1 aromatic rings. The normalized spacial score (nSPS) is 14.7. The molecule has 0 amide bonds. The first-order valence-corrected chi connectivity index (χ1v) is 4.87. The van der Waals surface area contributed by atoms with Crippen molar-refractivity contribution in [1.29, 1.82) is 5.26 Å². The molecule has 4 heteroatoms. The van der Waals surface area contributed by atoms with E-state index in [-0.39, 0.29) is 12.8 Å². The molecule has 1 N–H and O–H groups in total. The van der Waals surface area contributed by atoms with Crippen LogP contribution in [-0.4, -0.2) is 13.3 Å². The Morgan fingerprint density at radius 3 is 3.00 bits per heavy atom. The molecule has 0 fully saturated rings. The van der Waals surface area contributed by atoms with E-state index in [1.165, 1.54) is 0 Å². The first-order valence-electron chi connectivity index (χ1n) is 4.87. The van der Waals surface area contributed by atoms with Gasteiger partial charge in [0.1, 0.15) is 6.04 Å². The highest BCUT2D eigenvalue weighted by molar-refractivity contribution is 5.46. The zero-order chi connectivity index (χ0) is 10.7. The summed E-state index contributed by atoms with van der Waals surface area (Å²) in [5.74, 6) is 1.46. The quantitative estimate of drug-likeness (QED) is 0.812. The van der Waals surface area contributed by atoms with E-state index in [9.17, 15) is 0 Å². The van der Waals surface area contributed by atoms with Crippen LogP contribution in [0.3, 0.4) is 0 Å². The number of ether oxygens (including phenoxy) is 2. The first kappa shape index (κ1) is 9.81. The van der Waals surface area contributed by atoms with Crippen molar-refractivity contribution in [2.75, 3.05) is 13.3 Å². The van der Waals surface area contributed by atoms with E-state index in [2.05, 4.69) is 11.4 Å². The Balaban J connectivity index is 2.25. The molecule has 0 spiro atoms. The molecule has 0 aliphatic carbocycles. The van der Waals surface area contributed by atoms with Crippen LogP contribution in [0.5, 0.6) is 11.5 Å². The summed E-state index contributed by atoms with van der Waals surface area (Å²) in [6, 6.07) is 7.47. The van der Waals surface area contributed by atoms with Gasteiger partial charge in [-0.05, 0) is 24.2 Å². The van der Waals surface area contributed by atoms with Crippen molar-refractivity contribution in [3.63, 3.8) is 0 Å². The molecule has 1 heterocycles. The third kappa shape index (κ3) is 1.88. The highest BCUT2D eigenvalue weighted by Gasteiger charge is 2.16. The van der Waals surface area contributed by atoms with Crippen molar-refractivity contribution in [3.05, 3.63) is 23.8 Å². The lowest BCUT2D eigenvalue weighted by atomic mass is 10.1. The third-order valence-electron chi connectivity index (χ3n) is 2.27. The largest absolute Gasteiger partial charge is 0.454 e. The Bertz CT molecular complexity index is 398. The molecule has 15 heavy (non-hydrogen) atoms. The van der Waals surface area contributed by atoms with E-state index < -0.39 is 0 Å². The van der Waals surface area contributed by atoms with Gasteiger partial charge in [0.2, 0.25) is 6.79 Å². The SMILES string of the molecule is CCNC(C#N)c1ccc2c(c1)OCO2. The summed E-state index contributed by atoms with van der Waals surface area (Å²) < 4.78 is 10.5. The zero-order valence-corrected chi connectivity index (χ0v) is 8.49. The van der Waals surface area contributed by atoms with Crippen LogP contribution >= 0.6 is 0 Å². The monoisotopic (exact) mass is 204 g/mol. The summed E-state index contributed by atoms with van der Waals surface area (Å²) in [5.41, 5.74) is 0.906. The van der Waals surface area contributed by atoms with Crippen molar-refractivity contribution in [2.45, 2.75) is 13.0 Å². The van der Waals surface area contributed by atoms with Crippen LogP contribution in [0.25, 0.3) is 0 Å². The van der Waals surface area contributed by atoms with Gasteiger partial charge in [-0.3, -0.25) is 5.32 Å². The Labute approximate surface area is 88.4 Å². The maximum absolute atomic E-state index is 8.97. The van der Waals surface area contributed by atoms with Gasteiger partial charge in [0.05, 0.1) is 6.07 Å². The van der Waals surface area contributed by atoms with E-state index >= 15 is 0 Å². The van der Waals surface area contributed by atoms with Gasteiger partial charge < -0.3 is 9.47 Å². The number of nitrogens with zero attached hydrogens (tertiary/aromatic N) is 1. The van der Waals surface area contributed by atoms with E-state index in [0.29, 0.717) is 5.75 Å². The van der Waals surface area contributed by atoms with Crippen LogP contribution in [-0.2, 0) is 0 Å². The lowest BCUT2D eigenvalue weighted by molar-refractivity contribution is 0.174. The summed E-state index contributed by atoms with van der Waals surface area (Å²) in [7, 11) is 0. The smallest absolute Gasteiger partial charge is 0.231 e. The van der Waals surface area contributed by atoms with Gasteiger partial charge >= 0.3 is 0 Å². The van der Waals surface area contributed by atoms with E-state index in [0.717, 1.165) is 17.9 Å². The lowest BCUT2D eigenvalue weighted by Gasteiger charge is -2.10. The number of benzene rings is 1. The van der Waals surface area contributed by atoms with Crippen LogP contribution < -0.4 is 14.8 Å². The molecule has 1 aromatic carbocycles. The van der Waals surface area contributed by atoms with Crippen LogP contribution in [0.4, 0.5) is 0 Å². The standard InChI is InChI=1S/C11H12N2O2/c1-2-13-9(6-12)8-3-4-10-11(5-8)15-7-14-10/h3-5,9,13H,2,7H2,1H3. The summed E-state index contributed by atoms with van der Waals surface area (Å²) >= 11 is 0. The van der Waals surface area contributed by atoms with Gasteiger partial charge in [-0.1, -0.05) is 13.0 Å². The van der Waals surface area contributed by atoms with Crippen molar-refractivity contribution in [3.8, 4) is 17.6 Å². The predicted molar refractivity (Wildman–Crippen MR) is 54.6 cm³/mol. The molecule has 0 saturated carbocycles. The van der Waals surface area contributed by atoms with Crippen LogP contribution in [0, 0.1) is 11.3 Å². The van der Waals surface area contributed by atoms with E-state index in [1.807, 2.05) is 25.1 Å². The summed E-state index contributed by atoms with van der Waals surface area (Å²) in [5, 5.41) is 12.1. The lowest BCUT2D eigenvalue weighted by Crippen LogP contribution is -2.18. The second-order valence-corrected chi connectivity index (χ2v) is 3.23. The summed E-state index contributed by atoms with van der Waals surface area (Å²) in [6.45, 7) is 2.99. The number of hydrogen-bond acceptors (Lipinski definition) is 4. The van der Waals surface area contributed by atoms with Crippen molar-refractivity contribution in [1.82, 2.24) is 5.32 Å². The Hall–Kier alpha value is -1.73. The number of nitriles is 1. The molecule has 1 unspecified atom stereocenters. The molecule has 0 radical (unpaired) electrons. The predicted octanol–water partition coefficient (Wildman–Crippen LogP) is 1.59. The molecule has 0 saturated heterocycles. The van der Waals surface area contributed by atoms with Crippen LogP contribution in [0.1, 0.15) is 18.5 Å². The van der Waals surface area contributed by atoms with E-state index in [1.54, 1.807) is 0 Å². The fraction of sp³-hybridized carbons (Fsp3) is 0.364. The maximum atomic E-state index is 8.97. The maximum Gasteiger partial charge on any atom is 0.231 e. The molecular weight excluding hydrogens is 192 g/mol. The average molecular weight is 204 g/mol. The molecule has 0 bridgehead atoms. The minimum absolute atomic E-state index is 0.261.